The molecular weight excluding hydrogens is 403 g/mol. The molecule has 0 spiro atoms. The quantitative estimate of drug-likeness (QED) is 0.190. The van der Waals surface area contributed by atoms with Gasteiger partial charge in [-0.15, -0.1) is 0 Å². The van der Waals surface area contributed by atoms with E-state index in [-0.39, 0.29) is 10.6 Å². The number of ether oxygens (including phenoxy) is 1. The van der Waals surface area contributed by atoms with Crippen molar-refractivity contribution in [2.45, 2.75) is 13.2 Å². The number of hydrogen-bond acceptors (Lipinski definition) is 5. The van der Waals surface area contributed by atoms with Crippen molar-refractivity contribution in [2.75, 3.05) is 6.54 Å². The van der Waals surface area contributed by atoms with E-state index in [1.165, 1.54) is 35.7 Å². The summed E-state index contributed by atoms with van der Waals surface area (Å²) < 4.78 is 7.98. The number of benzene rings is 2. The summed E-state index contributed by atoms with van der Waals surface area (Å²) in [7, 11) is 0. The molecule has 1 heterocycles. The summed E-state index contributed by atoms with van der Waals surface area (Å²) >= 11 is 12.1. The minimum atomic E-state index is -1.11. The van der Waals surface area contributed by atoms with Crippen LogP contribution in [0, 0.1) is 5.21 Å². The minimum absolute atomic E-state index is 0.214. The molecule has 0 aliphatic carbocycles. The van der Waals surface area contributed by atoms with Gasteiger partial charge in [-0.1, -0.05) is 23.2 Å². The summed E-state index contributed by atoms with van der Waals surface area (Å²) in [4.78, 5) is 16.9. The Labute approximate surface area is 171 Å². The first-order valence-corrected chi connectivity index (χ1v) is 9.12. The first kappa shape index (κ1) is 19.9. The maximum Gasteiger partial charge on any atom is 0.256 e. The van der Waals surface area contributed by atoms with Gasteiger partial charge in [0.05, 0.1) is 5.02 Å². The fraction of sp³-hybridized carbons (Fsp3) is 0.158. The van der Waals surface area contributed by atoms with Crippen LogP contribution in [0.4, 0.5) is 0 Å². The third-order valence-electron chi connectivity index (χ3n) is 3.83. The molecule has 0 aliphatic rings. The molecule has 0 fully saturated rings. The lowest BCUT2D eigenvalue weighted by molar-refractivity contribution is -0.447. The maximum absolute atomic E-state index is 13.0. The molecule has 0 bridgehead atoms. The van der Waals surface area contributed by atoms with E-state index in [1.54, 1.807) is 37.3 Å². The van der Waals surface area contributed by atoms with Crippen molar-refractivity contribution in [3.8, 4) is 5.75 Å². The summed E-state index contributed by atoms with van der Waals surface area (Å²) in [5.41, 5.74) is 0.968. The van der Waals surface area contributed by atoms with E-state index in [0.717, 1.165) is 4.74 Å². The molecule has 1 atom stereocenters. The molecule has 0 saturated heterocycles. The molecule has 7 nitrogen and oxygen atoms in total. The van der Waals surface area contributed by atoms with Crippen LogP contribution in [0.2, 0.25) is 10.0 Å². The van der Waals surface area contributed by atoms with E-state index < -0.39 is 12.0 Å². The molecular formula is C19H16Cl2N4O3. The van der Waals surface area contributed by atoms with E-state index >= 15 is 0 Å². The van der Waals surface area contributed by atoms with Gasteiger partial charge < -0.3 is 9.94 Å². The SMILES string of the molecule is CC[N+]([O-])=Cc1ccc(OC(C(=O)c2ccc(Cl)cc2Cl)n2cncn2)cc1. The second-order valence-corrected chi connectivity index (χ2v) is 6.61. The Kier molecular flexibility index (Phi) is 6.28. The first-order chi connectivity index (χ1) is 13.5. The van der Waals surface area contributed by atoms with Gasteiger partial charge in [0.2, 0.25) is 5.78 Å². The van der Waals surface area contributed by atoms with Crippen molar-refractivity contribution in [1.29, 1.82) is 0 Å². The van der Waals surface area contributed by atoms with Crippen LogP contribution in [0.15, 0.2) is 55.1 Å². The Bertz CT molecular complexity index is 989. The number of halogens is 2. The molecule has 9 heteroatoms. The van der Waals surface area contributed by atoms with Crippen molar-refractivity contribution in [2.24, 2.45) is 0 Å². The average Bonchev–Trinajstić information content (AvgIpc) is 3.21. The summed E-state index contributed by atoms with van der Waals surface area (Å²) in [6.07, 6.45) is 3.05. The molecule has 1 unspecified atom stereocenters. The van der Waals surface area contributed by atoms with Crippen LogP contribution in [0.3, 0.4) is 0 Å². The summed E-state index contributed by atoms with van der Waals surface area (Å²) in [5.74, 6) is 0.0181. The lowest BCUT2D eigenvalue weighted by atomic mass is 10.1. The van der Waals surface area contributed by atoms with Crippen molar-refractivity contribution in [3.63, 3.8) is 0 Å². The van der Waals surface area contributed by atoms with Gasteiger partial charge in [-0.05, 0) is 49.4 Å². The van der Waals surface area contributed by atoms with Gasteiger partial charge in [-0.2, -0.15) is 5.10 Å². The Balaban J connectivity index is 1.88. The van der Waals surface area contributed by atoms with Crippen LogP contribution in [0.5, 0.6) is 5.75 Å². The fourth-order valence-corrected chi connectivity index (χ4v) is 2.91. The summed E-state index contributed by atoms with van der Waals surface area (Å²) in [6, 6.07) is 11.4. The molecule has 144 valence electrons. The topological polar surface area (TPSA) is 83.1 Å². The van der Waals surface area contributed by atoms with Crippen LogP contribution < -0.4 is 4.74 Å². The Hall–Kier alpha value is -2.90. The van der Waals surface area contributed by atoms with E-state index in [4.69, 9.17) is 27.9 Å². The molecule has 0 amide bonds. The highest BCUT2D eigenvalue weighted by Gasteiger charge is 2.26. The fourth-order valence-electron chi connectivity index (χ4n) is 2.41. The zero-order chi connectivity index (χ0) is 20.1. The Morgan fingerprint density at radius 3 is 2.64 bits per heavy atom. The van der Waals surface area contributed by atoms with E-state index in [2.05, 4.69) is 10.1 Å². The van der Waals surface area contributed by atoms with Crippen molar-refractivity contribution < 1.29 is 14.3 Å². The molecule has 2 aromatic carbocycles. The lowest BCUT2D eigenvalue weighted by Gasteiger charge is -2.18. The maximum atomic E-state index is 13.0. The molecule has 0 N–H and O–H groups in total. The second kappa shape index (κ2) is 8.86. The lowest BCUT2D eigenvalue weighted by Crippen LogP contribution is -2.26. The predicted molar refractivity (Wildman–Crippen MR) is 106 cm³/mol. The number of carbonyl (C=O) groups is 1. The third-order valence-corrected chi connectivity index (χ3v) is 4.38. The van der Waals surface area contributed by atoms with Gasteiger partial charge in [-0.25, -0.2) is 14.4 Å². The zero-order valence-electron chi connectivity index (χ0n) is 14.8. The zero-order valence-corrected chi connectivity index (χ0v) is 16.3. The number of carbonyl (C=O) groups excluding carboxylic acids is 1. The molecule has 0 aliphatic heterocycles. The van der Waals surface area contributed by atoms with Crippen LogP contribution in [-0.2, 0) is 0 Å². The van der Waals surface area contributed by atoms with Crippen LogP contribution >= 0.6 is 23.2 Å². The normalized spacial score (nSPS) is 12.6. The summed E-state index contributed by atoms with van der Waals surface area (Å²) in [6.45, 7) is 2.11. The number of nitrogens with zero attached hydrogens (tertiary/aromatic N) is 4. The highest BCUT2D eigenvalue weighted by molar-refractivity contribution is 6.36. The molecule has 3 rings (SSSR count). The highest BCUT2D eigenvalue weighted by Crippen LogP contribution is 2.26. The smallest absolute Gasteiger partial charge is 0.256 e. The van der Waals surface area contributed by atoms with Crippen molar-refractivity contribution >= 4 is 35.2 Å². The van der Waals surface area contributed by atoms with E-state index in [1.807, 2.05) is 0 Å². The van der Waals surface area contributed by atoms with Crippen LogP contribution in [0.25, 0.3) is 0 Å². The average molecular weight is 419 g/mol. The van der Waals surface area contributed by atoms with E-state index in [0.29, 0.717) is 22.9 Å². The standard InChI is InChI=1S/C19H16Cl2N4O3/c1-2-24(27)10-13-3-6-15(7-4-13)28-19(25-12-22-11-23-25)18(26)16-8-5-14(20)9-17(16)21/h3-12,19H,2H2,1H3. The predicted octanol–water partition coefficient (Wildman–Crippen LogP) is 3.99. The molecule has 3 aromatic rings. The number of rotatable bonds is 7. The Morgan fingerprint density at radius 1 is 1.29 bits per heavy atom. The van der Waals surface area contributed by atoms with Gasteiger partial charge in [0.1, 0.15) is 18.4 Å². The van der Waals surface area contributed by atoms with Gasteiger partial charge in [0.25, 0.3) is 6.23 Å². The van der Waals surface area contributed by atoms with Crippen LogP contribution in [-0.4, -0.2) is 38.0 Å². The van der Waals surface area contributed by atoms with Crippen molar-refractivity contribution in [1.82, 2.24) is 14.8 Å². The molecule has 0 radical (unpaired) electrons. The van der Waals surface area contributed by atoms with Gasteiger partial charge in [0.15, 0.2) is 12.8 Å². The van der Waals surface area contributed by atoms with Gasteiger partial charge in [0, 0.05) is 16.1 Å². The molecule has 1 aromatic heterocycles. The molecule has 0 saturated carbocycles. The van der Waals surface area contributed by atoms with Crippen molar-refractivity contribution in [3.05, 3.63) is 81.5 Å². The number of aromatic nitrogens is 3. The number of ketones is 1. The second-order valence-electron chi connectivity index (χ2n) is 5.77. The number of Topliss-reactive ketones (excluding diaryl/α,β-unsaturated/α-hetero) is 1. The highest BCUT2D eigenvalue weighted by atomic mass is 35.5. The van der Waals surface area contributed by atoms with E-state index in [9.17, 15) is 10.0 Å². The number of hydrogen-bond donors (Lipinski definition) is 0. The third kappa shape index (κ3) is 4.68. The Morgan fingerprint density at radius 2 is 2.04 bits per heavy atom. The first-order valence-electron chi connectivity index (χ1n) is 8.36. The minimum Gasteiger partial charge on any atom is -0.624 e. The number of hydroxylamine groups is 1. The monoisotopic (exact) mass is 418 g/mol. The summed E-state index contributed by atoms with van der Waals surface area (Å²) in [5, 5.41) is 16.1. The van der Waals surface area contributed by atoms with Gasteiger partial charge >= 0.3 is 0 Å². The largest absolute Gasteiger partial charge is 0.624 e. The van der Waals surface area contributed by atoms with Crippen LogP contribution in [0.1, 0.15) is 29.1 Å². The molecule has 28 heavy (non-hydrogen) atoms. The van der Waals surface area contributed by atoms with Gasteiger partial charge in [-0.3, -0.25) is 4.79 Å².